The van der Waals surface area contributed by atoms with Crippen molar-refractivity contribution < 1.29 is 55.6 Å². The molecule has 0 amide bonds. The van der Waals surface area contributed by atoms with Crippen molar-refractivity contribution in [2.75, 3.05) is 6.61 Å². The molecule has 0 radical (unpaired) electrons. The molecule has 0 aliphatic rings. The van der Waals surface area contributed by atoms with Gasteiger partial charge in [-0.25, -0.2) is 0 Å². The quantitative estimate of drug-likeness (QED) is 0.491. The Balaban J connectivity index is -0.000000140. The summed E-state index contributed by atoms with van der Waals surface area (Å²) in [6.07, 6.45) is 0. The van der Waals surface area contributed by atoms with E-state index >= 15 is 0 Å². The van der Waals surface area contributed by atoms with Gasteiger partial charge in [-0.2, -0.15) is 0 Å². The molecule has 1 N–H and O–H groups in total. The number of aliphatic hydroxyl groups excluding tert-OH is 1. The monoisotopic (exact) mass is 304 g/mol. The Morgan fingerprint density at radius 3 is 1.55 bits per heavy atom. The minimum Gasteiger partial charge on any atom is -0.781 e. The molecule has 6 nitrogen and oxygen atoms in total. The molecule has 0 aliphatic carbocycles. The average molecular weight is 302 g/mol. The van der Waals surface area contributed by atoms with Crippen molar-refractivity contribution in [2.45, 2.75) is 6.92 Å². The van der Waals surface area contributed by atoms with Gasteiger partial charge in [0, 0.05) is 6.61 Å². The summed E-state index contributed by atoms with van der Waals surface area (Å²) in [5, 5.41) is 7.57. The molecule has 0 rings (SSSR count). The van der Waals surface area contributed by atoms with E-state index in [0.717, 1.165) is 0 Å². The van der Waals surface area contributed by atoms with Crippen LogP contribution in [0.2, 0.25) is 0 Å². The number of aliphatic hydroxyl groups is 1. The van der Waals surface area contributed by atoms with Crippen molar-refractivity contribution in [3.63, 3.8) is 0 Å². The Bertz CT molecular complexity index is 105. The fourth-order valence-electron chi connectivity index (χ4n) is 0.0680. The van der Waals surface area contributed by atoms with Gasteiger partial charge in [0.15, 0.2) is 0 Å². The van der Waals surface area contributed by atoms with E-state index in [1.807, 2.05) is 0 Å². The fourth-order valence-corrected chi connectivity index (χ4v) is 0.612. The standard InChI is InChI=1S/C2H6O.Cd.H4O5P2/c1-2-3;;1-6(2)5-7(3)4/h3H,2H2,1H3;;6-7H,(H,1,2)(H,3,4)/q;+2;/p-2. The van der Waals surface area contributed by atoms with Crippen LogP contribution < -0.4 is 9.79 Å². The van der Waals surface area contributed by atoms with Gasteiger partial charge in [0.1, 0.15) is 16.5 Å². The van der Waals surface area contributed by atoms with Crippen LogP contribution in [0.4, 0.5) is 0 Å². The topological polar surface area (TPSA) is 110 Å². The molecule has 0 aromatic rings. The van der Waals surface area contributed by atoms with Crippen LogP contribution in [0.25, 0.3) is 0 Å². The maximum absolute atomic E-state index is 9.29. The molecular formula is C2H8CdO6P2. The second-order valence-electron chi connectivity index (χ2n) is 0.918. The van der Waals surface area contributed by atoms with Crippen molar-refractivity contribution >= 4 is 16.5 Å². The zero-order chi connectivity index (χ0) is 8.57. The Morgan fingerprint density at radius 2 is 1.55 bits per heavy atom. The Kier molecular flexibility index (Phi) is 22.7. The zero-order valence-corrected chi connectivity index (χ0v) is 11.9. The zero-order valence-electron chi connectivity index (χ0n) is 5.90. The van der Waals surface area contributed by atoms with Gasteiger partial charge in [-0.15, -0.1) is 0 Å². The minimum atomic E-state index is -3.51. The summed E-state index contributed by atoms with van der Waals surface area (Å²) in [6.45, 7) is 1.93. The maximum Gasteiger partial charge on any atom is 2.00 e. The molecule has 0 spiro atoms. The first-order valence-corrected chi connectivity index (χ1v) is 4.70. The summed E-state index contributed by atoms with van der Waals surface area (Å²) < 4.78 is 21.8. The number of hydrogen-bond donors (Lipinski definition) is 1. The van der Waals surface area contributed by atoms with Gasteiger partial charge < -0.3 is 24.0 Å². The van der Waals surface area contributed by atoms with Gasteiger partial charge in [-0.05, 0) is 6.92 Å². The van der Waals surface area contributed by atoms with Gasteiger partial charge in [0.05, 0.1) is 0 Å². The molecule has 9 heteroatoms. The predicted molar refractivity (Wildman–Crippen MR) is 31.8 cm³/mol. The van der Waals surface area contributed by atoms with E-state index in [4.69, 9.17) is 5.11 Å². The van der Waals surface area contributed by atoms with Crippen LogP contribution in [0.5, 0.6) is 0 Å². The summed E-state index contributed by atoms with van der Waals surface area (Å²) in [5.41, 5.74) is 0. The van der Waals surface area contributed by atoms with E-state index < -0.39 is 16.5 Å². The predicted octanol–water partition coefficient (Wildman–Crippen LogP) is -1.50. The van der Waals surface area contributed by atoms with Gasteiger partial charge in [-0.1, -0.05) is 0 Å². The first-order chi connectivity index (χ1) is 4.54. The molecule has 2 atom stereocenters. The second kappa shape index (κ2) is 13.8. The summed E-state index contributed by atoms with van der Waals surface area (Å²) in [7, 11) is -7.03. The molecule has 64 valence electrons. The van der Waals surface area contributed by atoms with Crippen LogP contribution in [-0.4, -0.2) is 11.7 Å². The van der Waals surface area contributed by atoms with Crippen molar-refractivity contribution in [3.8, 4) is 0 Å². The smallest absolute Gasteiger partial charge is 0.781 e. The summed E-state index contributed by atoms with van der Waals surface area (Å²) >= 11 is 0. The van der Waals surface area contributed by atoms with Crippen LogP contribution in [0.1, 0.15) is 6.92 Å². The van der Waals surface area contributed by atoms with E-state index in [2.05, 4.69) is 4.31 Å². The molecule has 0 aromatic carbocycles. The van der Waals surface area contributed by atoms with Crippen LogP contribution in [0.3, 0.4) is 0 Å². The van der Waals surface area contributed by atoms with E-state index in [-0.39, 0.29) is 33.9 Å². The van der Waals surface area contributed by atoms with Crippen molar-refractivity contribution in [1.29, 1.82) is 0 Å². The molecule has 0 aliphatic heterocycles. The van der Waals surface area contributed by atoms with Crippen LogP contribution >= 0.6 is 16.5 Å². The largest absolute Gasteiger partial charge is 2.00 e. The summed E-state index contributed by atoms with van der Waals surface area (Å²) in [5.74, 6) is 0. The SMILES string of the molecule is CCO.O=[PH]([O-])O[PH](=O)[O-].[Cd+2]. The van der Waals surface area contributed by atoms with Gasteiger partial charge >= 0.3 is 27.3 Å². The van der Waals surface area contributed by atoms with Crippen LogP contribution in [0.15, 0.2) is 0 Å². The van der Waals surface area contributed by atoms with E-state index in [0.29, 0.717) is 0 Å². The molecule has 0 saturated carbocycles. The van der Waals surface area contributed by atoms with Gasteiger partial charge in [0.2, 0.25) is 0 Å². The van der Waals surface area contributed by atoms with Crippen molar-refractivity contribution in [1.82, 2.24) is 0 Å². The summed E-state index contributed by atoms with van der Waals surface area (Å²) in [6, 6.07) is 0. The Morgan fingerprint density at radius 1 is 1.36 bits per heavy atom. The van der Waals surface area contributed by atoms with Gasteiger partial charge in [0.25, 0.3) is 0 Å². The van der Waals surface area contributed by atoms with Crippen molar-refractivity contribution in [3.05, 3.63) is 0 Å². The second-order valence-corrected chi connectivity index (χ2v) is 2.73. The van der Waals surface area contributed by atoms with Gasteiger partial charge in [-0.3, -0.25) is 4.31 Å². The third-order valence-corrected chi connectivity index (χ3v) is 1.50. The first-order valence-electron chi connectivity index (χ1n) is 2.25. The normalized spacial score (nSPS) is 13.5. The molecule has 11 heavy (non-hydrogen) atoms. The Hall–Kier alpha value is 1.22. The number of hydrogen-bond acceptors (Lipinski definition) is 6. The minimum absolute atomic E-state index is 0. The first kappa shape index (κ1) is 18.1. The Labute approximate surface area is 85.6 Å². The number of rotatable bonds is 2. The van der Waals surface area contributed by atoms with E-state index in [1.165, 1.54) is 0 Å². The van der Waals surface area contributed by atoms with Crippen LogP contribution in [-0.2, 0) is 40.7 Å². The molecule has 0 heterocycles. The van der Waals surface area contributed by atoms with E-state index in [1.54, 1.807) is 6.92 Å². The molecule has 0 fully saturated rings. The van der Waals surface area contributed by atoms with Crippen LogP contribution in [0, 0.1) is 0 Å². The average Bonchev–Trinajstić information content (AvgIpc) is 1.62. The molecule has 0 aromatic heterocycles. The third-order valence-electron chi connectivity index (χ3n) is 0.167. The molecule has 0 saturated heterocycles. The molecule has 2 unspecified atom stereocenters. The maximum atomic E-state index is 9.29. The molecule has 0 bridgehead atoms. The fraction of sp³-hybridized carbons (Fsp3) is 1.00. The van der Waals surface area contributed by atoms with Crippen molar-refractivity contribution in [2.24, 2.45) is 0 Å². The van der Waals surface area contributed by atoms with E-state index in [9.17, 15) is 18.9 Å². The summed E-state index contributed by atoms with van der Waals surface area (Å²) in [4.78, 5) is 18.6. The third kappa shape index (κ3) is 35.0. The molecular weight excluding hydrogens is 294 g/mol.